The molecular formula is C44H49ClFN9O5. The minimum absolute atomic E-state index is 0.101. The zero-order valence-electron chi connectivity index (χ0n) is 34.2. The second-order valence-corrected chi connectivity index (χ2v) is 18.1. The van der Waals surface area contributed by atoms with E-state index in [0.29, 0.717) is 38.8 Å². The van der Waals surface area contributed by atoms with Crippen LogP contribution in [0.5, 0.6) is 5.75 Å². The number of aromatic nitrogens is 3. The largest absolute Gasteiger partial charge is 0.489 e. The van der Waals surface area contributed by atoms with Gasteiger partial charge in [0.25, 0.3) is 17.4 Å². The van der Waals surface area contributed by atoms with Gasteiger partial charge in [0.15, 0.2) is 0 Å². The Bertz CT molecular complexity index is 2440. The molecule has 1 saturated carbocycles. The van der Waals surface area contributed by atoms with E-state index in [1.165, 1.54) is 10.7 Å². The molecule has 4 aromatic rings. The number of piperidine rings is 2. The van der Waals surface area contributed by atoms with Crippen LogP contribution in [0.1, 0.15) is 75.3 Å². The van der Waals surface area contributed by atoms with E-state index >= 15 is 4.39 Å². The molecule has 0 bridgehead atoms. The van der Waals surface area contributed by atoms with Crippen LogP contribution >= 0.6 is 11.6 Å². The first-order valence-corrected chi connectivity index (χ1v) is 20.9. The molecule has 60 heavy (non-hydrogen) atoms. The summed E-state index contributed by atoms with van der Waals surface area (Å²) in [5.41, 5.74) is -0.0568. The Balaban J connectivity index is 0.807. The Labute approximate surface area is 352 Å². The molecule has 314 valence electrons. The van der Waals surface area contributed by atoms with Crippen molar-refractivity contribution in [1.82, 2.24) is 30.3 Å². The molecule has 5 heterocycles. The van der Waals surface area contributed by atoms with Gasteiger partial charge in [-0.05, 0) is 67.6 Å². The number of hydrogen-bond acceptors (Lipinski definition) is 11. The molecule has 1 atom stereocenters. The first-order chi connectivity index (χ1) is 28.6. The highest BCUT2D eigenvalue weighted by atomic mass is 35.5. The van der Waals surface area contributed by atoms with Gasteiger partial charge in [-0.1, -0.05) is 39.3 Å². The highest BCUT2D eigenvalue weighted by Crippen LogP contribution is 2.55. The molecule has 8 rings (SSSR count). The van der Waals surface area contributed by atoms with Crippen LogP contribution in [0.4, 0.5) is 15.9 Å². The summed E-state index contributed by atoms with van der Waals surface area (Å²) in [4.78, 5) is 61.8. The van der Waals surface area contributed by atoms with Gasteiger partial charge in [-0.3, -0.25) is 29.4 Å². The Morgan fingerprint density at radius 2 is 1.70 bits per heavy atom. The number of carbonyl (C=O) groups excluding carboxylic acids is 3. The number of nitriles is 1. The van der Waals surface area contributed by atoms with Gasteiger partial charge in [0, 0.05) is 86.2 Å². The summed E-state index contributed by atoms with van der Waals surface area (Å²) in [5, 5.41) is 20.4. The topological polar surface area (TPSA) is 166 Å². The van der Waals surface area contributed by atoms with Crippen LogP contribution in [-0.2, 0) is 9.59 Å². The molecule has 0 spiro atoms. The van der Waals surface area contributed by atoms with E-state index < -0.39 is 34.6 Å². The number of anilines is 2. The smallest absolute Gasteiger partial charge is 0.275 e. The number of fused-ring (bicyclic) bond motifs is 1. The molecule has 0 unspecified atom stereocenters. The van der Waals surface area contributed by atoms with Crippen molar-refractivity contribution in [3.05, 3.63) is 87.2 Å². The van der Waals surface area contributed by atoms with Gasteiger partial charge in [-0.2, -0.15) is 14.8 Å². The van der Waals surface area contributed by atoms with Crippen LogP contribution < -0.4 is 30.7 Å². The quantitative estimate of drug-likeness (QED) is 0.171. The Kier molecular flexibility index (Phi) is 11.1. The number of carbonyl (C=O) groups is 3. The van der Waals surface area contributed by atoms with Crippen molar-refractivity contribution in [2.75, 3.05) is 55.6 Å². The SMILES string of the molecule is CC1(C)[C@H](NC(=O)c2ccc(N3CCC(CN4CCN(c5ccc6c(=O)n([C@H]7CCC(=O)NC7=O)ncc6c5)CC4)CC3)nc2F)C(C)(C)[C@H]1Oc1ccc(C#N)c(Cl)c1. The average Bonchev–Trinajstić information content (AvgIpc) is 3.22. The van der Waals surface area contributed by atoms with Crippen LogP contribution in [-0.4, -0.2) is 95.3 Å². The number of amides is 3. The van der Waals surface area contributed by atoms with Crippen LogP contribution in [0, 0.1) is 34.0 Å². The maximum atomic E-state index is 15.5. The summed E-state index contributed by atoms with van der Waals surface area (Å²) in [6.45, 7) is 14.0. The molecule has 4 aliphatic rings. The number of rotatable bonds is 9. The molecular weight excluding hydrogens is 789 g/mol. The molecule has 16 heteroatoms. The van der Waals surface area contributed by atoms with Crippen LogP contribution in [0.2, 0.25) is 5.02 Å². The van der Waals surface area contributed by atoms with Gasteiger partial charge in [0.2, 0.25) is 11.9 Å². The summed E-state index contributed by atoms with van der Waals surface area (Å²) >= 11 is 6.23. The van der Waals surface area contributed by atoms with Gasteiger partial charge >= 0.3 is 0 Å². The van der Waals surface area contributed by atoms with E-state index in [-0.39, 0.29) is 42.0 Å². The first kappa shape index (κ1) is 41.2. The molecule has 3 aliphatic heterocycles. The fraction of sp³-hybridized carbons (Fsp3) is 0.477. The maximum Gasteiger partial charge on any atom is 0.275 e. The summed E-state index contributed by atoms with van der Waals surface area (Å²) in [6.07, 6.45) is 3.64. The second-order valence-electron chi connectivity index (χ2n) is 17.7. The molecule has 1 aliphatic carbocycles. The summed E-state index contributed by atoms with van der Waals surface area (Å²) in [7, 11) is 0. The van der Waals surface area contributed by atoms with Crippen LogP contribution in [0.25, 0.3) is 10.8 Å². The van der Waals surface area contributed by atoms with E-state index in [1.807, 2.05) is 45.9 Å². The maximum absolute atomic E-state index is 15.5. The Morgan fingerprint density at radius 3 is 2.37 bits per heavy atom. The van der Waals surface area contributed by atoms with Crippen molar-refractivity contribution < 1.29 is 23.5 Å². The third-order valence-corrected chi connectivity index (χ3v) is 13.3. The van der Waals surface area contributed by atoms with E-state index in [2.05, 4.69) is 35.4 Å². The van der Waals surface area contributed by atoms with Crippen molar-refractivity contribution in [3.63, 3.8) is 0 Å². The van der Waals surface area contributed by atoms with Crippen molar-refractivity contribution in [1.29, 1.82) is 5.26 Å². The van der Waals surface area contributed by atoms with E-state index in [9.17, 15) is 24.4 Å². The third kappa shape index (κ3) is 7.78. The number of halogens is 2. The molecule has 4 fully saturated rings. The van der Waals surface area contributed by atoms with Gasteiger partial charge in [0.1, 0.15) is 29.8 Å². The molecule has 3 saturated heterocycles. The number of hydrogen-bond donors (Lipinski definition) is 2. The lowest BCUT2D eigenvalue weighted by atomic mass is 9.49. The second kappa shape index (κ2) is 16.1. The standard InChI is InChI=1S/C44H49ClFN9O5/c1-43(2)41(44(3,4)42(43)60-30-7-5-27(23-47)33(45)22-30)51-38(57)32-9-11-35(49-37(32)46)54-15-13-26(14-16-54)25-52-17-19-53(20-18-52)29-6-8-31-28(21-29)24-48-55(40(31)59)34-10-12-36(56)50-39(34)58/h5-9,11,21-22,24,26,34,41-42H,10,12-20,25H2,1-4H3,(H,51,57)(H,50,56,58)/t34-,41-,42-/m0/s1. The lowest BCUT2D eigenvalue weighted by Gasteiger charge is -2.63. The van der Waals surface area contributed by atoms with E-state index in [1.54, 1.807) is 36.5 Å². The third-order valence-electron chi connectivity index (χ3n) is 13.0. The predicted molar refractivity (Wildman–Crippen MR) is 225 cm³/mol. The number of nitrogens with zero attached hydrogens (tertiary/aromatic N) is 7. The average molecular weight is 838 g/mol. The number of nitrogens with one attached hydrogen (secondary N) is 2. The summed E-state index contributed by atoms with van der Waals surface area (Å²) in [6, 6.07) is 14.8. The normalized spacial score (nSPS) is 23.1. The number of pyridine rings is 1. The molecule has 3 amide bonds. The lowest BCUT2D eigenvalue weighted by molar-refractivity contribution is -0.164. The van der Waals surface area contributed by atoms with E-state index in [0.717, 1.165) is 64.3 Å². The van der Waals surface area contributed by atoms with Gasteiger partial charge < -0.3 is 19.9 Å². The number of imide groups is 1. The number of benzene rings is 2. The highest BCUT2D eigenvalue weighted by molar-refractivity contribution is 6.31. The van der Waals surface area contributed by atoms with Crippen molar-refractivity contribution >= 4 is 51.6 Å². The van der Waals surface area contributed by atoms with E-state index in [4.69, 9.17) is 16.3 Å². The fourth-order valence-corrected chi connectivity index (χ4v) is 10.2. The lowest BCUT2D eigenvalue weighted by Crippen LogP contribution is -2.74. The van der Waals surface area contributed by atoms with Gasteiger partial charge in [0.05, 0.1) is 27.7 Å². The Hall–Kier alpha value is -5.59. The molecule has 0 radical (unpaired) electrons. The van der Waals surface area contributed by atoms with Crippen molar-refractivity contribution in [2.24, 2.45) is 16.7 Å². The fourth-order valence-electron chi connectivity index (χ4n) is 9.96. The Morgan fingerprint density at radius 1 is 0.967 bits per heavy atom. The molecule has 2 aromatic heterocycles. The first-order valence-electron chi connectivity index (χ1n) is 20.5. The van der Waals surface area contributed by atoms with Crippen molar-refractivity contribution in [2.45, 2.75) is 71.6 Å². The number of piperazine rings is 1. The summed E-state index contributed by atoms with van der Waals surface area (Å²) in [5.74, 6) is -0.610. The zero-order valence-corrected chi connectivity index (χ0v) is 35.0. The van der Waals surface area contributed by atoms with Crippen LogP contribution in [0.15, 0.2) is 59.5 Å². The monoisotopic (exact) mass is 837 g/mol. The minimum Gasteiger partial charge on any atom is -0.489 e. The molecule has 2 aromatic carbocycles. The molecule has 14 nitrogen and oxygen atoms in total. The van der Waals surface area contributed by atoms with Gasteiger partial charge in [-0.15, -0.1) is 0 Å². The van der Waals surface area contributed by atoms with Crippen molar-refractivity contribution in [3.8, 4) is 11.8 Å². The van der Waals surface area contributed by atoms with Crippen LogP contribution in [0.3, 0.4) is 0 Å². The highest BCUT2D eigenvalue weighted by Gasteiger charge is 2.64. The predicted octanol–water partition coefficient (Wildman–Crippen LogP) is 5.08. The zero-order chi connectivity index (χ0) is 42.5. The number of ether oxygens (including phenoxy) is 1. The molecule has 2 N–H and O–H groups in total. The summed E-state index contributed by atoms with van der Waals surface area (Å²) < 4.78 is 23.0. The van der Waals surface area contributed by atoms with Gasteiger partial charge in [-0.25, -0.2) is 9.67 Å². The minimum atomic E-state index is -0.800.